The van der Waals surface area contributed by atoms with Gasteiger partial charge in [0.05, 0.1) is 10.5 Å². The third-order valence-corrected chi connectivity index (χ3v) is 3.43. The van der Waals surface area contributed by atoms with Gasteiger partial charge in [0, 0.05) is 23.9 Å². The molecule has 2 aromatic carbocycles. The van der Waals surface area contributed by atoms with Crippen LogP contribution in [-0.2, 0) is 9.59 Å². The maximum Gasteiger partial charge on any atom is 0.275 e. The number of hydrogen-bond acceptors (Lipinski definition) is 5. The number of nitro groups is 1. The number of anilines is 1. The lowest BCUT2D eigenvalue weighted by Crippen LogP contribution is -2.24. The summed E-state index contributed by atoms with van der Waals surface area (Å²) in [5.74, 6) is -3.21. The Morgan fingerprint density at radius 2 is 1.56 bits per heavy atom. The van der Waals surface area contributed by atoms with Gasteiger partial charge in [0.1, 0.15) is 17.3 Å². The standard InChI is InChI=1S/C16H9F2N3O4/c17-9-5-10(18)7-11(6-9)19-14-13(15(22)20-16(14)23)8-1-3-12(4-2-8)21(24)25/h1-7H,(H2,19,20,22,23). The van der Waals surface area contributed by atoms with Crippen LogP contribution < -0.4 is 10.6 Å². The molecule has 126 valence electrons. The molecule has 0 atom stereocenters. The van der Waals surface area contributed by atoms with Crippen LogP contribution in [0.3, 0.4) is 0 Å². The summed E-state index contributed by atoms with van der Waals surface area (Å²) < 4.78 is 26.6. The Bertz CT molecular complexity index is 919. The lowest BCUT2D eigenvalue weighted by atomic mass is 10.0. The van der Waals surface area contributed by atoms with E-state index < -0.39 is 28.4 Å². The first-order valence-corrected chi connectivity index (χ1v) is 6.93. The van der Waals surface area contributed by atoms with Crippen LogP contribution in [0.4, 0.5) is 20.2 Å². The average Bonchev–Trinajstić information content (AvgIpc) is 2.80. The SMILES string of the molecule is O=C1NC(=O)C(c2ccc([N+](=O)[O-])cc2)=C1Nc1cc(F)cc(F)c1. The molecule has 0 unspecified atom stereocenters. The zero-order valence-electron chi connectivity index (χ0n) is 12.4. The van der Waals surface area contributed by atoms with Gasteiger partial charge in [-0.3, -0.25) is 25.0 Å². The fourth-order valence-corrected chi connectivity index (χ4v) is 2.37. The van der Waals surface area contributed by atoms with Crippen LogP contribution in [0.25, 0.3) is 5.57 Å². The Morgan fingerprint density at radius 3 is 2.12 bits per heavy atom. The monoisotopic (exact) mass is 345 g/mol. The van der Waals surface area contributed by atoms with Crippen molar-refractivity contribution in [2.24, 2.45) is 0 Å². The van der Waals surface area contributed by atoms with E-state index in [1.807, 2.05) is 0 Å². The zero-order valence-corrected chi connectivity index (χ0v) is 12.4. The molecule has 0 aromatic heterocycles. The lowest BCUT2D eigenvalue weighted by Gasteiger charge is -2.08. The molecule has 1 heterocycles. The Morgan fingerprint density at radius 1 is 0.960 bits per heavy atom. The summed E-state index contributed by atoms with van der Waals surface area (Å²) in [6.07, 6.45) is 0. The van der Waals surface area contributed by atoms with Crippen LogP contribution >= 0.6 is 0 Å². The number of rotatable bonds is 4. The highest BCUT2D eigenvalue weighted by Gasteiger charge is 2.31. The minimum atomic E-state index is -0.857. The van der Waals surface area contributed by atoms with Crippen molar-refractivity contribution >= 4 is 28.8 Å². The molecular formula is C16H9F2N3O4. The molecule has 9 heteroatoms. The molecule has 2 amide bonds. The van der Waals surface area contributed by atoms with Gasteiger partial charge in [0.25, 0.3) is 17.5 Å². The second-order valence-corrected chi connectivity index (χ2v) is 5.12. The number of nitrogens with one attached hydrogen (secondary N) is 2. The predicted molar refractivity (Wildman–Crippen MR) is 83.1 cm³/mol. The second kappa shape index (κ2) is 6.11. The fourth-order valence-electron chi connectivity index (χ4n) is 2.37. The molecule has 3 rings (SSSR count). The lowest BCUT2D eigenvalue weighted by molar-refractivity contribution is -0.384. The molecule has 2 N–H and O–H groups in total. The minimum absolute atomic E-state index is 0.0586. The van der Waals surface area contributed by atoms with E-state index in [1.165, 1.54) is 24.3 Å². The van der Waals surface area contributed by atoms with Crippen molar-refractivity contribution in [3.63, 3.8) is 0 Å². The fraction of sp³-hybridized carbons (Fsp3) is 0. The van der Waals surface area contributed by atoms with Crippen LogP contribution in [-0.4, -0.2) is 16.7 Å². The topological polar surface area (TPSA) is 101 Å². The Labute approximate surface area is 139 Å². The third kappa shape index (κ3) is 3.20. The summed E-state index contributed by atoms with van der Waals surface area (Å²) in [6, 6.07) is 7.55. The first kappa shape index (κ1) is 16.2. The molecule has 1 aliphatic heterocycles. The first-order chi connectivity index (χ1) is 11.8. The molecule has 2 aromatic rings. The van der Waals surface area contributed by atoms with Crippen LogP contribution in [0, 0.1) is 21.7 Å². The van der Waals surface area contributed by atoms with E-state index in [9.17, 15) is 28.5 Å². The van der Waals surface area contributed by atoms with Crippen molar-refractivity contribution in [1.82, 2.24) is 5.32 Å². The number of nitrogens with zero attached hydrogens (tertiary/aromatic N) is 1. The van der Waals surface area contributed by atoms with E-state index in [4.69, 9.17) is 0 Å². The molecule has 1 aliphatic rings. The first-order valence-electron chi connectivity index (χ1n) is 6.93. The van der Waals surface area contributed by atoms with Gasteiger partial charge in [-0.25, -0.2) is 8.78 Å². The van der Waals surface area contributed by atoms with Crippen LogP contribution in [0.15, 0.2) is 48.2 Å². The van der Waals surface area contributed by atoms with Crippen molar-refractivity contribution < 1.29 is 23.3 Å². The summed E-state index contributed by atoms with van der Waals surface area (Å²) >= 11 is 0. The van der Waals surface area contributed by atoms with Gasteiger partial charge in [0.15, 0.2) is 0 Å². The van der Waals surface area contributed by atoms with Crippen molar-refractivity contribution in [3.8, 4) is 0 Å². The van der Waals surface area contributed by atoms with Gasteiger partial charge < -0.3 is 5.32 Å². The Hall–Kier alpha value is -3.62. The molecule has 0 saturated carbocycles. The third-order valence-electron chi connectivity index (χ3n) is 3.43. The zero-order chi connectivity index (χ0) is 18.1. The number of non-ortho nitro benzene ring substituents is 1. The van der Waals surface area contributed by atoms with Gasteiger partial charge in [-0.05, 0) is 29.8 Å². The van der Waals surface area contributed by atoms with Gasteiger partial charge in [-0.2, -0.15) is 0 Å². The maximum absolute atomic E-state index is 13.3. The van der Waals surface area contributed by atoms with E-state index in [0.717, 1.165) is 12.1 Å². The van der Waals surface area contributed by atoms with Crippen molar-refractivity contribution in [3.05, 3.63) is 75.5 Å². The molecule has 0 spiro atoms. The molecule has 0 saturated heterocycles. The Balaban J connectivity index is 2.04. The van der Waals surface area contributed by atoms with Crippen LogP contribution in [0.1, 0.15) is 5.56 Å². The number of amides is 2. The summed E-state index contributed by atoms with van der Waals surface area (Å²) in [5.41, 5.74) is -0.283. The number of imide groups is 1. The quantitative estimate of drug-likeness (QED) is 0.503. The molecule has 7 nitrogen and oxygen atoms in total. The van der Waals surface area contributed by atoms with E-state index in [-0.39, 0.29) is 28.2 Å². The number of halogens is 2. The second-order valence-electron chi connectivity index (χ2n) is 5.12. The minimum Gasteiger partial charge on any atom is -0.350 e. The molecule has 0 fully saturated rings. The smallest absolute Gasteiger partial charge is 0.275 e. The van der Waals surface area contributed by atoms with E-state index in [0.29, 0.717) is 6.07 Å². The number of nitro benzene ring substituents is 1. The highest BCUT2D eigenvalue weighted by Crippen LogP contribution is 2.27. The van der Waals surface area contributed by atoms with Crippen molar-refractivity contribution in [2.45, 2.75) is 0 Å². The number of carbonyl (C=O) groups excluding carboxylic acids is 2. The van der Waals surface area contributed by atoms with Gasteiger partial charge >= 0.3 is 0 Å². The Kier molecular flexibility index (Phi) is 3.97. The molecule has 0 aliphatic carbocycles. The number of hydrogen-bond donors (Lipinski definition) is 2. The van der Waals surface area contributed by atoms with Gasteiger partial charge in [-0.15, -0.1) is 0 Å². The summed E-state index contributed by atoms with van der Waals surface area (Å²) in [4.78, 5) is 34.1. The summed E-state index contributed by atoms with van der Waals surface area (Å²) in [7, 11) is 0. The van der Waals surface area contributed by atoms with E-state index >= 15 is 0 Å². The molecule has 25 heavy (non-hydrogen) atoms. The van der Waals surface area contributed by atoms with Crippen LogP contribution in [0.2, 0.25) is 0 Å². The predicted octanol–water partition coefficient (Wildman–Crippen LogP) is 2.35. The molecule has 0 bridgehead atoms. The van der Waals surface area contributed by atoms with E-state index in [2.05, 4.69) is 10.6 Å². The average molecular weight is 345 g/mol. The van der Waals surface area contributed by atoms with E-state index in [1.54, 1.807) is 0 Å². The highest BCUT2D eigenvalue weighted by atomic mass is 19.1. The van der Waals surface area contributed by atoms with Gasteiger partial charge in [-0.1, -0.05) is 0 Å². The normalized spacial score (nSPS) is 13.8. The largest absolute Gasteiger partial charge is 0.350 e. The number of benzene rings is 2. The van der Waals surface area contributed by atoms with Crippen molar-refractivity contribution in [2.75, 3.05) is 5.32 Å². The molecular weight excluding hydrogens is 336 g/mol. The van der Waals surface area contributed by atoms with Crippen LogP contribution in [0.5, 0.6) is 0 Å². The molecule has 0 radical (unpaired) electrons. The number of carbonyl (C=O) groups is 2. The maximum atomic E-state index is 13.3. The van der Waals surface area contributed by atoms with Crippen molar-refractivity contribution in [1.29, 1.82) is 0 Å². The summed E-state index contributed by atoms with van der Waals surface area (Å²) in [5, 5.41) is 15.3. The summed E-state index contributed by atoms with van der Waals surface area (Å²) in [6.45, 7) is 0. The van der Waals surface area contributed by atoms with Gasteiger partial charge in [0.2, 0.25) is 0 Å². The highest BCUT2D eigenvalue weighted by molar-refractivity contribution is 6.36.